The third-order valence-corrected chi connectivity index (χ3v) is 5.10. The molecule has 0 radical (unpaired) electrons. The molecule has 1 amide bonds. The van der Waals surface area contributed by atoms with E-state index in [4.69, 9.17) is 26.9 Å². The maximum absolute atomic E-state index is 12.3. The van der Waals surface area contributed by atoms with Crippen LogP contribution in [0.2, 0.25) is 5.02 Å². The van der Waals surface area contributed by atoms with Crippen molar-refractivity contribution < 1.29 is 14.3 Å². The Bertz CT molecular complexity index is 1070. The van der Waals surface area contributed by atoms with Crippen molar-refractivity contribution in [3.63, 3.8) is 0 Å². The Balaban J connectivity index is 1.54. The summed E-state index contributed by atoms with van der Waals surface area (Å²) < 4.78 is 11.5. The zero-order chi connectivity index (χ0) is 22.2. The van der Waals surface area contributed by atoms with Crippen LogP contribution in [0, 0.1) is 0 Å². The molecule has 0 atom stereocenters. The van der Waals surface area contributed by atoms with Gasteiger partial charge in [0.25, 0.3) is 5.95 Å². The fraction of sp³-hybridized carbons (Fsp3) is 0.158. The summed E-state index contributed by atoms with van der Waals surface area (Å²) in [4.78, 5) is 12.3. The molecule has 3 rings (SSSR count). The third kappa shape index (κ3) is 6.03. The van der Waals surface area contributed by atoms with Gasteiger partial charge in [0, 0.05) is 5.02 Å². The molecule has 3 aromatic rings. The summed E-state index contributed by atoms with van der Waals surface area (Å²) in [5.41, 5.74) is 4.05. The molecule has 1 aromatic heterocycles. The van der Waals surface area contributed by atoms with Gasteiger partial charge >= 0.3 is 0 Å². The van der Waals surface area contributed by atoms with Gasteiger partial charge in [-0.15, -0.1) is 10.2 Å². The van der Waals surface area contributed by atoms with Gasteiger partial charge in [-0.3, -0.25) is 4.79 Å². The number of amides is 1. The summed E-state index contributed by atoms with van der Waals surface area (Å²) in [5.74, 6) is 7.24. The lowest BCUT2D eigenvalue weighted by Crippen LogP contribution is -2.17. The zero-order valence-electron chi connectivity index (χ0n) is 16.7. The first-order chi connectivity index (χ1) is 15.0. The van der Waals surface area contributed by atoms with Crippen LogP contribution in [-0.2, 0) is 4.79 Å². The van der Waals surface area contributed by atoms with Crippen molar-refractivity contribution in [2.24, 2.45) is 5.10 Å². The van der Waals surface area contributed by atoms with Gasteiger partial charge in [-0.05, 0) is 48.0 Å². The van der Waals surface area contributed by atoms with Gasteiger partial charge in [0.2, 0.25) is 11.1 Å². The molecular weight excluding hydrogens is 442 g/mol. The number of rotatable bonds is 9. The number of benzene rings is 2. The molecule has 0 aliphatic heterocycles. The number of anilines is 2. The lowest BCUT2D eigenvalue weighted by Gasteiger charge is -2.10. The number of nitrogens with one attached hydrogen (secondary N) is 2. The van der Waals surface area contributed by atoms with Crippen LogP contribution in [0.3, 0.4) is 0 Å². The highest BCUT2D eigenvalue weighted by atomic mass is 35.5. The van der Waals surface area contributed by atoms with Crippen molar-refractivity contribution in [2.45, 2.75) is 5.16 Å². The van der Waals surface area contributed by atoms with Crippen LogP contribution >= 0.6 is 23.4 Å². The molecule has 0 aliphatic carbocycles. The Morgan fingerprint density at radius 3 is 2.71 bits per heavy atom. The van der Waals surface area contributed by atoms with Gasteiger partial charge in [-0.25, -0.2) is 10.1 Å². The highest BCUT2D eigenvalue weighted by Gasteiger charge is 2.13. The fourth-order valence-electron chi connectivity index (χ4n) is 2.40. The summed E-state index contributed by atoms with van der Waals surface area (Å²) in [5, 5.41) is 15.5. The van der Waals surface area contributed by atoms with Gasteiger partial charge in [0.15, 0.2) is 0 Å². The first-order valence-corrected chi connectivity index (χ1v) is 10.3. The Morgan fingerprint density at radius 1 is 1.23 bits per heavy atom. The quantitative estimate of drug-likeness (QED) is 0.192. The summed E-state index contributed by atoms with van der Waals surface area (Å²) >= 11 is 7.09. The lowest BCUT2D eigenvalue weighted by molar-refractivity contribution is -0.113. The van der Waals surface area contributed by atoms with E-state index >= 15 is 0 Å². The first kappa shape index (κ1) is 22.2. The predicted molar refractivity (Wildman–Crippen MR) is 122 cm³/mol. The van der Waals surface area contributed by atoms with E-state index in [1.54, 1.807) is 31.5 Å². The lowest BCUT2D eigenvalue weighted by atomic mass is 10.2. The number of thioether (sulfide) groups is 1. The number of halogens is 1. The molecule has 1 heterocycles. The van der Waals surface area contributed by atoms with Crippen molar-refractivity contribution >= 4 is 47.1 Å². The van der Waals surface area contributed by atoms with Crippen molar-refractivity contribution in [2.75, 3.05) is 36.6 Å². The van der Waals surface area contributed by atoms with Gasteiger partial charge < -0.3 is 20.6 Å². The molecular formula is C19H20ClN7O3S. The molecule has 2 aromatic carbocycles. The largest absolute Gasteiger partial charge is 0.497 e. The number of carbonyl (C=O) groups excluding carboxylic acids is 1. The number of hydrogen-bond acceptors (Lipinski definition) is 9. The molecule has 0 fully saturated rings. The SMILES string of the molecule is COc1ccc(/C=N/Nc2nnc(SCC(=O)Nc3cc(Cl)ccc3OC)n2N)cc1. The number of ether oxygens (including phenoxy) is 2. The molecule has 0 spiro atoms. The van der Waals surface area contributed by atoms with E-state index in [0.29, 0.717) is 21.6 Å². The van der Waals surface area contributed by atoms with Crippen LogP contribution in [0.4, 0.5) is 11.6 Å². The smallest absolute Gasteiger partial charge is 0.264 e. The normalized spacial score (nSPS) is 10.8. The van der Waals surface area contributed by atoms with E-state index in [1.807, 2.05) is 24.3 Å². The van der Waals surface area contributed by atoms with Crippen molar-refractivity contribution in [1.29, 1.82) is 0 Å². The minimum Gasteiger partial charge on any atom is -0.497 e. The fourth-order valence-corrected chi connectivity index (χ4v) is 3.23. The molecule has 31 heavy (non-hydrogen) atoms. The maximum Gasteiger partial charge on any atom is 0.264 e. The van der Waals surface area contributed by atoms with Crippen LogP contribution in [-0.4, -0.2) is 47.0 Å². The van der Waals surface area contributed by atoms with Crippen LogP contribution in [0.25, 0.3) is 0 Å². The molecule has 162 valence electrons. The van der Waals surface area contributed by atoms with Gasteiger partial charge in [0.05, 0.1) is 31.9 Å². The van der Waals surface area contributed by atoms with Crippen LogP contribution in [0.15, 0.2) is 52.7 Å². The number of methoxy groups -OCH3 is 2. The van der Waals surface area contributed by atoms with Gasteiger partial charge in [0.1, 0.15) is 11.5 Å². The number of hydrazone groups is 1. The van der Waals surface area contributed by atoms with E-state index in [2.05, 4.69) is 26.0 Å². The maximum atomic E-state index is 12.3. The number of nitrogens with zero attached hydrogens (tertiary/aromatic N) is 4. The van der Waals surface area contributed by atoms with Gasteiger partial charge in [-0.1, -0.05) is 23.4 Å². The molecule has 0 saturated heterocycles. The van der Waals surface area contributed by atoms with Crippen molar-refractivity contribution in [3.8, 4) is 11.5 Å². The average Bonchev–Trinajstić information content (AvgIpc) is 3.12. The second-order valence-corrected chi connectivity index (χ2v) is 7.38. The van der Waals surface area contributed by atoms with Gasteiger partial charge in [-0.2, -0.15) is 5.10 Å². The van der Waals surface area contributed by atoms with E-state index in [1.165, 1.54) is 11.8 Å². The van der Waals surface area contributed by atoms with E-state index in [9.17, 15) is 4.79 Å². The highest BCUT2D eigenvalue weighted by Crippen LogP contribution is 2.28. The predicted octanol–water partition coefficient (Wildman–Crippen LogP) is 2.84. The molecule has 0 unspecified atom stereocenters. The zero-order valence-corrected chi connectivity index (χ0v) is 18.3. The number of hydrogen-bond donors (Lipinski definition) is 3. The first-order valence-electron chi connectivity index (χ1n) is 8.90. The average molecular weight is 462 g/mol. The number of carbonyl (C=O) groups is 1. The molecule has 4 N–H and O–H groups in total. The number of aromatic nitrogens is 3. The minimum atomic E-state index is -0.277. The van der Waals surface area contributed by atoms with E-state index < -0.39 is 0 Å². The van der Waals surface area contributed by atoms with Crippen molar-refractivity contribution in [3.05, 3.63) is 53.1 Å². The summed E-state index contributed by atoms with van der Waals surface area (Å²) in [6.07, 6.45) is 1.60. The molecule has 0 bridgehead atoms. The number of nitrogen functional groups attached to an aromatic ring is 1. The Kier molecular flexibility index (Phi) is 7.57. The molecule has 0 aliphatic rings. The topological polar surface area (TPSA) is 129 Å². The summed E-state index contributed by atoms with van der Waals surface area (Å²) in [7, 11) is 3.11. The Hall–Kier alpha value is -3.44. The monoisotopic (exact) mass is 461 g/mol. The summed E-state index contributed by atoms with van der Waals surface area (Å²) in [6.45, 7) is 0. The van der Waals surface area contributed by atoms with Crippen LogP contribution in [0.1, 0.15) is 5.56 Å². The van der Waals surface area contributed by atoms with Crippen LogP contribution in [0.5, 0.6) is 11.5 Å². The standard InChI is InChI=1S/C19H20ClN7O3S/c1-29-14-6-3-12(4-7-14)10-22-24-18-25-26-19(27(18)21)31-11-17(28)23-15-9-13(20)5-8-16(15)30-2/h3-10H,11,21H2,1-2H3,(H,23,28)(H,24,25)/b22-10+. The van der Waals surface area contributed by atoms with E-state index in [0.717, 1.165) is 23.1 Å². The van der Waals surface area contributed by atoms with E-state index in [-0.39, 0.29) is 17.6 Å². The third-order valence-electron chi connectivity index (χ3n) is 3.93. The Labute approximate surface area is 187 Å². The molecule has 12 heteroatoms. The Morgan fingerprint density at radius 2 is 2.00 bits per heavy atom. The second kappa shape index (κ2) is 10.5. The second-order valence-electron chi connectivity index (χ2n) is 6.00. The minimum absolute atomic E-state index is 0.0557. The number of nitrogens with two attached hydrogens (primary N) is 1. The summed E-state index contributed by atoms with van der Waals surface area (Å²) in [6, 6.07) is 12.3. The molecule has 10 nitrogen and oxygen atoms in total. The highest BCUT2D eigenvalue weighted by molar-refractivity contribution is 7.99. The molecule has 0 saturated carbocycles. The van der Waals surface area contributed by atoms with Crippen LogP contribution < -0.4 is 26.1 Å². The van der Waals surface area contributed by atoms with Crippen molar-refractivity contribution in [1.82, 2.24) is 14.9 Å².